The molecule has 0 unspecified atom stereocenters. The van der Waals surface area contributed by atoms with Gasteiger partial charge in [-0.1, -0.05) is 0 Å². The zero-order valence-corrected chi connectivity index (χ0v) is 12.9. The van der Waals surface area contributed by atoms with E-state index in [9.17, 15) is 9.18 Å². The molecule has 21 heavy (non-hydrogen) atoms. The van der Waals surface area contributed by atoms with Crippen molar-refractivity contribution < 1.29 is 13.9 Å². The van der Waals surface area contributed by atoms with E-state index in [-0.39, 0.29) is 17.5 Å². The lowest BCUT2D eigenvalue weighted by Crippen LogP contribution is -2.26. The molecular formula is C15H24FN3O2. The number of amides is 1. The molecule has 0 aliphatic rings. The molecule has 1 aromatic rings. The normalized spacial score (nSPS) is 10.7. The molecule has 0 fully saturated rings. The van der Waals surface area contributed by atoms with Crippen molar-refractivity contribution in [3.8, 4) is 0 Å². The third kappa shape index (κ3) is 6.08. The predicted molar refractivity (Wildman–Crippen MR) is 81.0 cm³/mol. The Labute approximate surface area is 125 Å². The standard InChI is InChI=1S/C15H24FN3O2/c1-4-17-14-13(16)12(7-9-18-14)15(20)19-8-5-6-10-21-11(2)3/h7,9,11H,4-6,8,10H2,1-3H3,(H,17,18)(H,19,20). The second kappa shape index (κ2) is 9.28. The molecule has 5 nitrogen and oxygen atoms in total. The number of ether oxygens (including phenoxy) is 1. The number of nitrogens with one attached hydrogen (secondary N) is 2. The van der Waals surface area contributed by atoms with Gasteiger partial charge in [0.25, 0.3) is 5.91 Å². The molecule has 0 spiro atoms. The fraction of sp³-hybridized carbons (Fsp3) is 0.600. The number of nitrogens with zero attached hydrogens (tertiary/aromatic N) is 1. The van der Waals surface area contributed by atoms with E-state index in [0.29, 0.717) is 19.7 Å². The summed E-state index contributed by atoms with van der Waals surface area (Å²) >= 11 is 0. The number of pyridine rings is 1. The van der Waals surface area contributed by atoms with Crippen molar-refractivity contribution in [3.05, 3.63) is 23.6 Å². The van der Waals surface area contributed by atoms with Crippen LogP contribution in [0.5, 0.6) is 0 Å². The van der Waals surface area contributed by atoms with Crippen LogP contribution in [0.3, 0.4) is 0 Å². The van der Waals surface area contributed by atoms with Crippen LogP contribution in [0.4, 0.5) is 10.2 Å². The van der Waals surface area contributed by atoms with Crippen LogP contribution in [0.2, 0.25) is 0 Å². The largest absolute Gasteiger partial charge is 0.379 e. The Bertz CT molecular complexity index is 453. The summed E-state index contributed by atoms with van der Waals surface area (Å²) in [5, 5.41) is 5.49. The minimum Gasteiger partial charge on any atom is -0.379 e. The number of aromatic nitrogens is 1. The first-order chi connectivity index (χ1) is 10.1. The second-order valence-corrected chi connectivity index (χ2v) is 4.93. The average molecular weight is 297 g/mol. The van der Waals surface area contributed by atoms with Crippen LogP contribution in [0.15, 0.2) is 12.3 Å². The zero-order valence-electron chi connectivity index (χ0n) is 12.9. The minimum atomic E-state index is -0.611. The van der Waals surface area contributed by atoms with Gasteiger partial charge in [0.1, 0.15) is 0 Å². The van der Waals surface area contributed by atoms with Gasteiger partial charge in [0.15, 0.2) is 11.6 Å². The van der Waals surface area contributed by atoms with Crippen molar-refractivity contribution >= 4 is 11.7 Å². The van der Waals surface area contributed by atoms with E-state index in [1.54, 1.807) is 0 Å². The average Bonchev–Trinajstić information content (AvgIpc) is 2.44. The molecule has 0 radical (unpaired) electrons. The number of hydrogen-bond donors (Lipinski definition) is 2. The van der Waals surface area contributed by atoms with Crippen molar-refractivity contribution in [1.82, 2.24) is 10.3 Å². The van der Waals surface area contributed by atoms with E-state index in [4.69, 9.17) is 4.74 Å². The zero-order chi connectivity index (χ0) is 15.7. The molecule has 0 bridgehead atoms. The van der Waals surface area contributed by atoms with Gasteiger partial charge in [0, 0.05) is 25.9 Å². The molecule has 6 heteroatoms. The lowest BCUT2D eigenvalue weighted by molar-refractivity contribution is 0.0754. The Balaban J connectivity index is 2.40. The highest BCUT2D eigenvalue weighted by atomic mass is 19.1. The minimum absolute atomic E-state index is 0.0133. The van der Waals surface area contributed by atoms with E-state index < -0.39 is 11.7 Å². The van der Waals surface area contributed by atoms with Gasteiger partial charge in [-0.3, -0.25) is 4.79 Å². The van der Waals surface area contributed by atoms with E-state index in [1.807, 2.05) is 20.8 Å². The first-order valence-corrected chi connectivity index (χ1v) is 7.34. The molecule has 0 saturated heterocycles. The van der Waals surface area contributed by atoms with Crippen molar-refractivity contribution in [2.24, 2.45) is 0 Å². The number of hydrogen-bond acceptors (Lipinski definition) is 4. The van der Waals surface area contributed by atoms with Gasteiger partial charge >= 0.3 is 0 Å². The maximum absolute atomic E-state index is 14.0. The summed E-state index contributed by atoms with van der Waals surface area (Å²) in [7, 11) is 0. The maximum atomic E-state index is 14.0. The molecule has 1 heterocycles. The monoisotopic (exact) mass is 297 g/mol. The van der Waals surface area contributed by atoms with Gasteiger partial charge in [-0.2, -0.15) is 0 Å². The molecule has 118 valence electrons. The highest BCUT2D eigenvalue weighted by Crippen LogP contribution is 2.14. The van der Waals surface area contributed by atoms with Gasteiger partial charge in [-0.05, 0) is 39.7 Å². The first-order valence-electron chi connectivity index (χ1n) is 7.34. The highest BCUT2D eigenvalue weighted by molar-refractivity contribution is 5.95. The van der Waals surface area contributed by atoms with Crippen LogP contribution in [-0.4, -0.2) is 36.7 Å². The van der Waals surface area contributed by atoms with Gasteiger partial charge in [-0.15, -0.1) is 0 Å². The Morgan fingerprint density at radius 1 is 1.43 bits per heavy atom. The van der Waals surface area contributed by atoms with Crippen LogP contribution in [0, 0.1) is 5.82 Å². The lowest BCUT2D eigenvalue weighted by Gasteiger charge is -2.10. The fourth-order valence-corrected chi connectivity index (χ4v) is 1.75. The summed E-state index contributed by atoms with van der Waals surface area (Å²) in [6, 6.07) is 1.38. The summed E-state index contributed by atoms with van der Waals surface area (Å²) in [5.41, 5.74) is 0.0133. The Kier molecular flexibility index (Phi) is 7.68. The molecule has 1 rings (SSSR count). The van der Waals surface area contributed by atoms with Crippen LogP contribution in [0.25, 0.3) is 0 Å². The molecule has 0 atom stereocenters. The molecule has 0 aromatic carbocycles. The Hall–Kier alpha value is -1.69. The van der Waals surface area contributed by atoms with Crippen molar-refractivity contribution in [2.75, 3.05) is 25.0 Å². The number of anilines is 1. The summed E-state index contributed by atoms with van der Waals surface area (Å²) < 4.78 is 19.4. The van der Waals surface area contributed by atoms with Crippen LogP contribution in [-0.2, 0) is 4.74 Å². The van der Waals surface area contributed by atoms with Gasteiger partial charge in [0.2, 0.25) is 0 Å². The number of carbonyl (C=O) groups is 1. The van der Waals surface area contributed by atoms with Crippen LogP contribution in [0.1, 0.15) is 44.0 Å². The van der Waals surface area contributed by atoms with Crippen molar-refractivity contribution in [1.29, 1.82) is 0 Å². The van der Waals surface area contributed by atoms with E-state index in [0.717, 1.165) is 12.8 Å². The van der Waals surface area contributed by atoms with Gasteiger partial charge in [0.05, 0.1) is 11.7 Å². The Morgan fingerprint density at radius 3 is 2.86 bits per heavy atom. The van der Waals surface area contributed by atoms with Crippen molar-refractivity contribution in [2.45, 2.75) is 39.7 Å². The molecule has 0 saturated carbocycles. The predicted octanol–water partition coefficient (Wildman–Crippen LogP) is 2.59. The summed E-state index contributed by atoms with van der Waals surface area (Å²) in [6.45, 7) is 7.52. The molecule has 0 aliphatic heterocycles. The third-order valence-electron chi connectivity index (χ3n) is 2.79. The lowest BCUT2D eigenvalue weighted by atomic mass is 10.2. The van der Waals surface area contributed by atoms with E-state index in [2.05, 4.69) is 15.6 Å². The van der Waals surface area contributed by atoms with Gasteiger partial charge in [-0.25, -0.2) is 9.37 Å². The van der Waals surface area contributed by atoms with E-state index >= 15 is 0 Å². The molecular weight excluding hydrogens is 273 g/mol. The van der Waals surface area contributed by atoms with Crippen LogP contribution < -0.4 is 10.6 Å². The smallest absolute Gasteiger partial charge is 0.254 e. The number of rotatable bonds is 9. The molecule has 1 amide bonds. The highest BCUT2D eigenvalue weighted by Gasteiger charge is 2.15. The number of halogens is 1. The fourth-order valence-electron chi connectivity index (χ4n) is 1.75. The molecule has 1 aromatic heterocycles. The summed E-state index contributed by atoms with van der Waals surface area (Å²) in [6.07, 6.45) is 3.30. The maximum Gasteiger partial charge on any atom is 0.254 e. The van der Waals surface area contributed by atoms with E-state index in [1.165, 1.54) is 12.3 Å². The first kappa shape index (κ1) is 17.4. The van der Waals surface area contributed by atoms with Crippen molar-refractivity contribution in [3.63, 3.8) is 0 Å². The van der Waals surface area contributed by atoms with Crippen LogP contribution >= 0.6 is 0 Å². The summed E-state index contributed by atoms with van der Waals surface area (Å²) in [4.78, 5) is 15.8. The molecule has 2 N–H and O–H groups in total. The SMILES string of the molecule is CCNc1nccc(C(=O)NCCCCOC(C)C)c1F. The topological polar surface area (TPSA) is 63.2 Å². The summed E-state index contributed by atoms with van der Waals surface area (Å²) in [5.74, 6) is -0.922. The number of carbonyl (C=O) groups excluding carboxylic acids is 1. The van der Waals surface area contributed by atoms with Gasteiger partial charge < -0.3 is 15.4 Å². The second-order valence-electron chi connectivity index (χ2n) is 4.93. The Morgan fingerprint density at radius 2 is 2.19 bits per heavy atom. The molecule has 0 aliphatic carbocycles. The third-order valence-corrected chi connectivity index (χ3v) is 2.79. The quantitative estimate of drug-likeness (QED) is 0.688. The number of unbranched alkanes of at least 4 members (excludes halogenated alkanes) is 1.